The lowest BCUT2D eigenvalue weighted by Crippen LogP contribution is -2.34. The molecule has 0 radical (unpaired) electrons. The first-order valence-corrected chi connectivity index (χ1v) is 8.39. The molecule has 5 rings (SSSR count). The number of aromatic nitrogens is 5. The molecule has 4 heterocycles. The summed E-state index contributed by atoms with van der Waals surface area (Å²) in [6, 6.07) is 7.22. The number of fused-ring (bicyclic) bond motifs is 2. The van der Waals surface area contributed by atoms with Crippen LogP contribution in [0.15, 0.2) is 35.3 Å². The summed E-state index contributed by atoms with van der Waals surface area (Å²) in [6.07, 6.45) is 4.23. The van der Waals surface area contributed by atoms with Gasteiger partial charge in [0.15, 0.2) is 0 Å². The highest BCUT2D eigenvalue weighted by Crippen LogP contribution is 2.39. The third-order valence-electron chi connectivity index (χ3n) is 4.81. The number of hydrogen-bond donors (Lipinski definition) is 0. The molecule has 122 valence electrons. The predicted octanol–water partition coefficient (Wildman–Crippen LogP) is 1.18. The zero-order chi connectivity index (χ0) is 16.1. The third kappa shape index (κ3) is 2.32. The summed E-state index contributed by atoms with van der Waals surface area (Å²) in [6.45, 7) is 3.27. The first-order valence-electron chi connectivity index (χ1n) is 8.39. The van der Waals surface area contributed by atoms with Gasteiger partial charge in [-0.15, -0.1) is 10.2 Å². The SMILES string of the molecule is O=c1cc(CN2CCn3c(nnc3C3CC3)C2)nc2ccccn12. The monoisotopic (exact) mass is 322 g/mol. The van der Waals surface area contributed by atoms with Crippen LogP contribution in [0.3, 0.4) is 0 Å². The van der Waals surface area contributed by atoms with Crippen molar-refractivity contribution >= 4 is 5.65 Å². The van der Waals surface area contributed by atoms with Gasteiger partial charge in [-0.05, 0) is 25.0 Å². The van der Waals surface area contributed by atoms with Crippen LogP contribution < -0.4 is 5.56 Å². The highest BCUT2D eigenvalue weighted by Gasteiger charge is 2.32. The van der Waals surface area contributed by atoms with Gasteiger partial charge in [-0.2, -0.15) is 0 Å². The van der Waals surface area contributed by atoms with E-state index in [1.165, 1.54) is 12.8 Å². The second-order valence-electron chi connectivity index (χ2n) is 6.63. The lowest BCUT2D eigenvalue weighted by Gasteiger charge is -2.27. The van der Waals surface area contributed by atoms with E-state index in [2.05, 4.69) is 24.6 Å². The van der Waals surface area contributed by atoms with Crippen molar-refractivity contribution in [3.05, 3.63) is 58.2 Å². The summed E-state index contributed by atoms with van der Waals surface area (Å²) in [5.41, 5.74) is 1.46. The Balaban J connectivity index is 1.39. The van der Waals surface area contributed by atoms with Gasteiger partial charge in [0, 0.05) is 37.8 Å². The average Bonchev–Trinajstić information content (AvgIpc) is 3.35. The van der Waals surface area contributed by atoms with Crippen molar-refractivity contribution in [3.63, 3.8) is 0 Å². The van der Waals surface area contributed by atoms with Crippen molar-refractivity contribution < 1.29 is 0 Å². The molecule has 3 aromatic rings. The van der Waals surface area contributed by atoms with Crippen molar-refractivity contribution in [1.82, 2.24) is 29.0 Å². The molecule has 0 saturated heterocycles. The molecule has 1 aliphatic carbocycles. The van der Waals surface area contributed by atoms with Crippen LogP contribution >= 0.6 is 0 Å². The molecular formula is C17H18N6O. The molecule has 0 atom stereocenters. The second kappa shape index (κ2) is 5.24. The van der Waals surface area contributed by atoms with Gasteiger partial charge in [-0.3, -0.25) is 14.1 Å². The van der Waals surface area contributed by atoms with Crippen LogP contribution in [0.25, 0.3) is 5.65 Å². The predicted molar refractivity (Wildman–Crippen MR) is 87.6 cm³/mol. The Hall–Kier alpha value is -2.54. The minimum Gasteiger partial charge on any atom is -0.312 e. The Morgan fingerprint density at radius 3 is 2.96 bits per heavy atom. The Bertz CT molecular complexity index is 971. The van der Waals surface area contributed by atoms with Crippen LogP contribution in [-0.2, 0) is 19.6 Å². The van der Waals surface area contributed by atoms with E-state index >= 15 is 0 Å². The number of nitrogens with zero attached hydrogens (tertiary/aromatic N) is 6. The normalized spacial score (nSPS) is 18.0. The molecule has 0 bridgehead atoms. The van der Waals surface area contributed by atoms with E-state index in [4.69, 9.17) is 0 Å². The molecule has 1 fully saturated rings. The fourth-order valence-electron chi connectivity index (χ4n) is 3.42. The van der Waals surface area contributed by atoms with E-state index in [-0.39, 0.29) is 5.56 Å². The quantitative estimate of drug-likeness (QED) is 0.724. The van der Waals surface area contributed by atoms with E-state index in [1.54, 1.807) is 16.7 Å². The Morgan fingerprint density at radius 1 is 1.17 bits per heavy atom. The van der Waals surface area contributed by atoms with Gasteiger partial charge in [0.2, 0.25) is 0 Å². The van der Waals surface area contributed by atoms with E-state index < -0.39 is 0 Å². The van der Waals surface area contributed by atoms with E-state index in [0.717, 1.165) is 37.0 Å². The lowest BCUT2D eigenvalue weighted by molar-refractivity contribution is 0.205. The van der Waals surface area contributed by atoms with Gasteiger partial charge in [0.1, 0.15) is 17.3 Å². The molecule has 24 heavy (non-hydrogen) atoms. The van der Waals surface area contributed by atoms with Crippen LogP contribution in [0.4, 0.5) is 0 Å². The van der Waals surface area contributed by atoms with Crippen molar-refractivity contribution in [2.24, 2.45) is 0 Å². The molecule has 1 saturated carbocycles. The molecule has 0 amide bonds. The van der Waals surface area contributed by atoms with Gasteiger partial charge in [-0.25, -0.2) is 4.98 Å². The minimum absolute atomic E-state index is 0.0354. The number of rotatable bonds is 3. The van der Waals surface area contributed by atoms with Crippen LogP contribution in [0, 0.1) is 0 Å². The van der Waals surface area contributed by atoms with Crippen LogP contribution in [0.2, 0.25) is 0 Å². The zero-order valence-electron chi connectivity index (χ0n) is 13.3. The van der Waals surface area contributed by atoms with E-state index in [1.807, 2.05) is 18.2 Å². The zero-order valence-corrected chi connectivity index (χ0v) is 13.3. The van der Waals surface area contributed by atoms with Crippen molar-refractivity contribution in [2.75, 3.05) is 6.54 Å². The van der Waals surface area contributed by atoms with Gasteiger partial charge in [0.25, 0.3) is 5.56 Å². The minimum atomic E-state index is -0.0354. The van der Waals surface area contributed by atoms with Crippen LogP contribution in [-0.4, -0.2) is 35.6 Å². The fraction of sp³-hybridized carbons (Fsp3) is 0.412. The first-order chi connectivity index (χ1) is 11.8. The molecule has 0 unspecified atom stereocenters. The van der Waals surface area contributed by atoms with E-state index in [0.29, 0.717) is 18.1 Å². The van der Waals surface area contributed by atoms with Crippen LogP contribution in [0.5, 0.6) is 0 Å². The van der Waals surface area contributed by atoms with Gasteiger partial charge >= 0.3 is 0 Å². The molecule has 7 nitrogen and oxygen atoms in total. The summed E-state index contributed by atoms with van der Waals surface area (Å²) in [7, 11) is 0. The maximum Gasteiger partial charge on any atom is 0.258 e. The Morgan fingerprint density at radius 2 is 2.08 bits per heavy atom. The largest absolute Gasteiger partial charge is 0.312 e. The number of pyridine rings is 1. The average molecular weight is 322 g/mol. The summed E-state index contributed by atoms with van der Waals surface area (Å²) in [5, 5.41) is 8.74. The highest BCUT2D eigenvalue weighted by molar-refractivity contribution is 5.38. The molecular weight excluding hydrogens is 304 g/mol. The van der Waals surface area contributed by atoms with Crippen molar-refractivity contribution in [1.29, 1.82) is 0 Å². The molecule has 7 heteroatoms. The molecule has 0 aromatic carbocycles. The molecule has 1 aliphatic heterocycles. The Labute approximate surface area is 138 Å². The van der Waals surface area contributed by atoms with Crippen molar-refractivity contribution in [3.8, 4) is 0 Å². The van der Waals surface area contributed by atoms with Crippen LogP contribution in [0.1, 0.15) is 36.1 Å². The number of hydrogen-bond acceptors (Lipinski definition) is 5. The molecule has 2 aliphatic rings. The summed E-state index contributed by atoms with van der Waals surface area (Å²) >= 11 is 0. The standard InChI is InChI=1S/C17H18N6O/c24-16-9-13(18-14-3-1-2-6-22(14)16)10-21-7-8-23-15(11-21)19-20-17(23)12-4-5-12/h1-3,6,9,12H,4-5,7-8,10-11H2. The summed E-state index contributed by atoms with van der Waals surface area (Å²) < 4.78 is 3.84. The van der Waals surface area contributed by atoms with E-state index in [9.17, 15) is 4.79 Å². The maximum absolute atomic E-state index is 12.2. The maximum atomic E-state index is 12.2. The smallest absolute Gasteiger partial charge is 0.258 e. The third-order valence-corrected chi connectivity index (χ3v) is 4.81. The second-order valence-corrected chi connectivity index (χ2v) is 6.63. The lowest BCUT2D eigenvalue weighted by atomic mass is 10.3. The fourth-order valence-corrected chi connectivity index (χ4v) is 3.42. The van der Waals surface area contributed by atoms with Gasteiger partial charge < -0.3 is 4.57 Å². The summed E-state index contributed by atoms with van der Waals surface area (Å²) in [4.78, 5) is 19.1. The first kappa shape index (κ1) is 13.9. The molecule has 0 spiro atoms. The van der Waals surface area contributed by atoms with Gasteiger partial charge in [0.05, 0.1) is 12.2 Å². The molecule has 3 aromatic heterocycles. The topological polar surface area (TPSA) is 68.3 Å². The highest BCUT2D eigenvalue weighted by atomic mass is 16.1. The molecule has 0 N–H and O–H groups in total. The van der Waals surface area contributed by atoms with Gasteiger partial charge in [-0.1, -0.05) is 6.07 Å². The summed E-state index contributed by atoms with van der Waals surface area (Å²) in [5.74, 6) is 2.81. The van der Waals surface area contributed by atoms with Crippen molar-refractivity contribution in [2.45, 2.75) is 38.4 Å². The Kier molecular flexibility index (Phi) is 3.02.